The second-order valence-electron chi connectivity index (χ2n) is 5.68. The van der Waals surface area contributed by atoms with Gasteiger partial charge in [0.05, 0.1) is 16.8 Å². The van der Waals surface area contributed by atoms with Gasteiger partial charge < -0.3 is 4.98 Å². The van der Waals surface area contributed by atoms with Crippen molar-refractivity contribution < 1.29 is 4.79 Å². The Bertz CT molecular complexity index is 1040. The lowest BCUT2D eigenvalue weighted by molar-refractivity contribution is -0.113. The van der Waals surface area contributed by atoms with Crippen LogP contribution in [0, 0.1) is 6.92 Å². The normalized spacial score (nSPS) is 11.0. The van der Waals surface area contributed by atoms with Gasteiger partial charge in [-0.3, -0.25) is 10.1 Å². The first kappa shape index (κ1) is 16.7. The molecule has 130 valence electrons. The van der Waals surface area contributed by atoms with E-state index in [1.165, 1.54) is 23.1 Å². The van der Waals surface area contributed by atoms with Crippen LogP contribution in [0.2, 0.25) is 0 Å². The van der Waals surface area contributed by atoms with Crippen molar-refractivity contribution in [3.05, 3.63) is 54.1 Å². The molecule has 1 amide bonds. The molecule has 0 saturated carbocycles. The third-order valence-corrected chi connectivity index (χ3v) is 5.41. The molecule has 0 bridgehead atoms. The molecule has 0 aliphatic heterocycles. The highest BCUT2D eigenvalue weighted by atomic mass is 32.2. The number of aromatic amines is 1. The Morgan fingerprint density at radius 1 is 1.19 bits per heavy atom. The molecule has 0 fully saturated rings. The molecule has 0 aliphatic rings. The number of imidazole rings is 1. The van der Waals surface area contributed by atoms with Crippen molar-refractivity contribution in [2.75, 3.05) is 11.1 Å². The highest BCUT2D eigenvalue weighted by molar-refractivity contribution is 7.99. The summed E-state index contributed by atoms with van der Waals surface area (Å²) in [6.07, 6.45) is 0. The Labute approximate surface area is 158 Å². The number of rotatable bonds is 5. The minimum atomic E-state index is -0.137. The van der Waals surface area contributed by atoms with Crippen LogP contribution in [0.5, 0.6) is 0 Å². The van der Waals surface area contributed by atoms with Gasteiger partial charge in [-0.25, -0.2) is 4.98 Å². The quantitative estimate of drug-likeness (QED) is 0.508. The zero-order valence-electron chi connectivity index (χ0n) is 13.9. The number of nitrogens with one attached hydrogen (secondary N) is 2. The van der Waals surface area contributed by atoms with Crippen LogP contribution in [0.25, 0.3) is 21.6 Å². The molecule has 0 aliphatic carbocycles. The maximum atomic E-state index is 12.2. The van der Waals surface area contributed by atoms with Crippen LogP contribution in [0.1, 0.15) is 5.56 Å². The van der Waals surface area contributed by atoms with Gasteiger partial charge in [0.2, 0.25) is 11.0 Å². The molecule has 4 rings (SSSR count). The number of benzene rings is 2. The van der Waals surface area contributed by atoms with Gasteiger partial charge in [0, 0.05) is 5.56 Å². The van der Waals surface area contributed by atoms with Crippen molar-refractivity contribution in [1.82, 2.24) is 20.2 Å². The number of hydrogen-bond acceptors (Lipinski definition) is 6. The number of nitrogens with zero attached hydrogens (tertiary/aromatic N) is 3. The Balaban J connectivity index is 1.37. The number of anilines is 1. The first-order valence-electron chi connectivity index (χ1n) is 7.95. The molecule has 2 N–H and O–H groups in total. The Morgan fingerprint density at radius 3 is 2.92 bits per heavy atom. The summed E-state index contributed by atoms with van der Waals surface area (Å²) in [6.45, 7) is 2.03. The lowest BCUT2D eigenvalue weighted by Gasteiger charge is -1.99. The molecule has 0 radical (unpaired) electrons. The fourth-order valence-corrected chi connectivity index (χ4v) is 3.90. The lowest BCUT2D eigenvalue weighted by Crippen LogP contribution is -2.13. The zero-order chi connectivity index (χ0) is 17.9. The van der Waals surface area contributed by atoms with Gasteiger partial charge in [0.1, 0.15) is 5.01 Å². The first-order valence-corrected chi connectivity index (χ1v) is 9.75. The summed E-state index contributed by atoms with van der Waals surface area (Å²) >= 11 is 2.72. The summed E-state index contributed by atoms with van der Waals surface area (Å²) < 4.78 is 0. The number of H-pyrrole nitrogens is 1. The van der Waals surface area contributed by atoms with Crippen molar-refractivity contribution >= 4 is 45.2 Å². The van der Waals surface area contributed by atoms with Crippen LogP contribution < -0.4 is 5.32 Å². The van der Waals surface area contributed by atoms with Gasteiger partial charge in [0.25, 0.3) is 0 Å². The largest absolute Gasteiger partial charge is 0.333 e. The topological polar surface area (TPSA) is 83.6 Å². The molecular weight excluding hydrogens is 366 g/mol. The van der Waals surface area contributed by atoms with Crippen LogP contribution in [0.4, 0.5) is 5.13 Å². The number of carbonyl (C=O) groups excluding carboxylic acids is 1. The SMILES string of the molecule is Cc1cccc(-c2nnc(NC(=O)CSc3nc4ccccc4[nH]3)s2)c1. The lowest BCUT2D eigenvalue weighted by atomic mass is 10.1. The van der Waals surface area contributed by atoms with Gasteiger partial charge in [-0.2, -0.15) is 0 Å². The highest BCUT2D eigenvalue weighted by Gasteiger charge is 2.11. The van der Waals surface area contributed by atoms with Crippen LogP contribution in [-0.2, 0) is 4.79 Å². The standard InChI is InChI=1S/C18H15N5OS2/c1-11-5-4-6-12(9-11)16-22-23-18(26-16)21-15(24)10-25-17-19-13-7-2-3-8-14(13)20-17/h2-9H,10H2,1H3,(H,19,20)(H,21,23,24). The van der Waals surface area contributed by atoms with E-state index in [2.05, 4.69) is 25.5 Å². The van der Waals surface area contributed by atoms with E-state index >= 15 is 0 Å². The number of aromatic nitrogens is 4. The fraction of sp³-hybridized carbons (Fsp3) is 0.111. The van der Waals surface area contributed by atoms with E-state index in [1.54, 1.807) is 0 Å². The predicted octanol–water partition coefficient (Wildman–Crippen LogP) is 4.12. The summed E-state index contributed by atoms with van der Waals surface area (Å²) in [4.78, 5) is 19.8. The van der Waals surface area contributed by atoms with Crippen LogP contribution in [0.15, 0.2) is 53.7 Å². The van der Waals surface area contributed by atoms with Crippen molar-refractivity contribution in [2.45, 2.75) is 12.1 Å². The van der Waals surface area contributed by atoms with Gasteiger partial charge >= 0.3 is 0 Å². The van der Waals surface area contributed by atoms with E-state index in [4.69, 9.17) is 0 Å². The molecule has 0 spiro atoms. The maximum Gasteiger partial charge on any atom is 0.236 e. The van der Waals surface area contributed by atoms with Crippen LogP contribution >= 0.6 is 23.1 Å². The van der Waals surface area contributed by atoms with Crippen molar-refractivity contribution in [3.63, 3.8) is 0 Å². The Hall–Kier alpha value is -2.71. The van der Waals surface area contributed by atoms with Crippen molar-refractivity contribution in [3.8, 4) is 10.6 Å². The van der Waals surface area contributed by atoms with Gasteiger partial charge in [0.15, 0.2) is 5.16 Å². The minimum Gasteiger partial charge on any atom is -0.333 e. The van der Waals surface area contributed by atoms with E-state index in [-0.39, 0.29) is 11.7 Å². The molecule has 0 atom stereocenters. The molecule has 8 heteroatoms. The molecular formula is C18H15N5OS2. The third kappa shape index (κ3) is 3.76. The number of para-hydroxylation sites is 2. The number of hydrogen-bond donors (Lipinski definition) is 2. The molecule has 2 aromatic carbocycles. The summed E-state index contributed by atoms with van der Waals surface area (Å²) in [6, 6.07) is 15.8. The van der Waals surface area contributed by atoms with Crippen LogP contribution in [-0.4, -0.2) is 31.8 Å². The number of aryl methyl sites for hydroxylation is 1. The van der Waals surface area contributed by atoms with Crippen molar-refractivity contribution in [1.29, 1.82) is 0 Å². The molecule has 2 heterocycles. The van der Waals surface area contributed by atoms with Gasteiger partial charge in [-0.15, -0.1) is 10.2 Å². The smallest absolute Gasteiger partial charge is 0.236 e. The summed E-state index contributed by atoms with van der Waals surface area (Å²) in [5, 5.41) is 13.0. The Morgan fingerprint density at radius 2 is 2.08 bits per heavy atom. The van der Waals surface area contributed by atoms with E-state index in [9.17, 15) is 4.79 Å². The molecule has 6 nitrogen and oxygen atoms in total. The average Bonchev–Trinajstić information content (AvgIpc) is 3.26. The monoisotopic (exact) mass is 381 g/mol. The molecule has 4 aromatic rings. The Kier molecular flexibility index (Phi) is 4.68. The predicted molar refractivity (Wildman–Crippen MR) is 106 cm³/mol. The first-order chi connectivity index (χ1) is 12.7. The molecule has 0 unspecified atom stereocenters. The number of carbonyl (C=O) groups is 1. The van der Waals surface area contributed by atoms with Gasteiger partial charge in [-0.05, 0) is 25.1 Å². The van der Waals surface area contributed by atoms with Crippen molar-refractivity contribution in [2.24, 2.45) is 0 Å². The number of fused-ring (bicyclic) bond motifs is 1. The zero-order valence-corrected chi connectivity index (χ0v) is 15.5. The maximum absolute atomic E-state index is 12.2. The van der Waals surface area contributed by atoms with E-state index < -0.39 is 0 Å². The van der Waals surface area contributed by atoms with E-state index in [0.29, 0.717) is 5.13 Å². The number of amides is 1. The van der Waals surface area contributed by atoms with Crippen LogP contribution in [0.3, 0.4) is 0 Å². The summed E-state index contributed by atoms with van der Waals surface area (Å²) in [7, 11) is 0. The molecule has 2 aromatic heterocycles. The molecule has 26 heavy (non-hydrogen) atoms. The van der Waals surface area contributed by atoms with E-state index in [0.717, 1.165) is 32.3 Å². The fourth-order valence-electron chi connectivity index (χ4n) is 2.46. The summed E-state index contributed by atoms with van der Waals surface area (Å²) in [5.74, 6) is 0.113. The minimum absolute atomic E-state index is 0.137. The second kappa shape index (κ2) is 7.27. The van der Waals surface area contributed by atoms with Gasteiger partial charge in [-0.1, -0.05) is 59.0 Å². The third-order valence-electron chi connectivity index (χ3n) is 3.64. The molecule has 0 saturated heterocycles. The second-order valence-corrected chi connectivity index (χ2v) is 7.62. The average molecular weight is 381 g/mol. The highest BCUT2D eigenvalue weighted by Crippen LogP contribution is 2.27. The van der Waals surface area contributed by atoms with E-state index in [1.807, 2.05) is 55.5 Å². The number of thioether (sulfide) groups is 1. The summed E-state index contributed by atoms with van der Waals surface area (Å²) in [5.41, 5.74) is 4.01.